The second kappa shape index (κ2) is 3.99. The Morgan fingerprint density at radius 1 is 1.31 bits per heavy atom. The molecule has 2 heteroatoms. The van der Waals surface area contributed by atoms with Crippen molar-refractivity contribution >= 4 is 0 Å². The lowest BCUT2D eigenvalue weighted by molar-refractivity contribution is 0.0196. The van der Waals surface area contributed by atoms with E-state index in [1.54, 1.807) is 0 Å². The third kappa shape index (κ3) is 1.46. The summed E-state index contributed by atoms with van der Waals surface area (Å²) in [5.74, 6) is 2.59. The van der Waals surface area contributed by atoms with Crippen LogP contribution in [-0.4, -0.2) is 19.8 Å². The number of methoxy groups -OCH3 is 1. The van der Waals surface area contributed by atoms with Gasteiger partial charge in [-0.2, -0.15) is 0 Å². The summed E-state index contributed by atoms with van der Waals surface area (Å²) in [6.45, 7) is 0.950. The Morgan fingerprint density at radius 3 is 2.88 bits per heavy atom. The van der Waals surface area contributed by atoms with Crippen LogP contribution in [0.15, 0.2) is 0 Å². The van der Waals surface area contributed by atoms with Gasteiger partial charge in [0.25, 0.3) is 0 Å². The maximum Gasteiger partial charge on any atom is 0.0490 e. The van der Waals surface area contributed by atoms with Crippen LogP contribution in [0.2, 0.25) is 0 Å². The van der Waals surface area contributed by atoms with E-state index in [4.69, 9.17) is 10.5 Å². The average Bonchev–Trinajstić information content (AvgIpc) is 2.84. The van der Waals surface area contributed by atoms with Crippen molar-refractivity contribution in [3.8, 4) is 0 Å². The van der Waals surface area contributed by atoms with Crippen molar-refractivity contribution in [3.05, 3.63) is 0 Å². The summed E-state index contributed by atoms with van der Waals surface area (Å²) in [5.41, 5.74) is 7.07. The Hall–Kier alpha value is -0.0800. The van der Waals surface area contributed by atoms with E-state index in [2.05, 4.69) is 0 Å². The van der Waals surface area contributed by atoms with Gasteiger partial charge in [0.1, 0.15) is 0 Å². The van der Waals surface area contributed by atoms with E-state index in [9.17, 15) is 0 Å². The van der Waals surface area contributed by atoms with Gasteiger partial charge in [0.15, 0.2) is 0 Å². The molecule has 5 atom stereocenters. The van der Waals surface area contributed by atoms with Gasteiger partial charge in [-0.05, 0) is 61.7 Å². The molecule has 0 saturated heterocycles. The number of fused-ring (bicyclic) bond motifs is 3. The van der Waals surface area contributed by atoms with E-state index >= 15 is 0 Å². The molecule has 3 rings (SSSR count). The smallest absolute Gasteiger partial charge is 0.0490 e. The highest BCUT2D eigenvalue weighted by Crippen LogP contribution is 2.61. The first-order valence-electron chi connectivity index (χ1n) is 7.01. The van der Waals surface area contributed by atoms with Crippen molar-refractivity contribution in [2.45, 2.75) is 51.0 Å². The molecule has 3 unspecified atom stereocenters. The molecule has 0 aromatic rings. The fourth-order valence-electron chi connectivity index (χ4n) is 5.12. The number of rotatable bonds is 2. The summed E-state index contributed by atoms with van der Waals surface area (Å²) in [6.07, 6.45) is 9.78. The lowest BCUT2D eigenvalue weighted by Crippen LogP contribution is -2.49. The van der Waals surface area contributed by atoms with Crippen LogP contribution in [-0.2, 0) is 4.74 Å². The predicted molar refractivity (Wildman–Crippen MR) is 65.1 cm³/mol. The van der Waals surface area contributed by atoms with Gasteiger partial charge in [-0.3, -0.25) is 0 Å². The summed E-state index contributed by atoms with van der Waals surface area (Å²) in [4.78, 5) is 0. The van der Waals surface area contributed by atoms with Gasteiger partial charge >= 0.3 is 0 Å². The highest BCUT2D eigenvalue weighted by atomic mass is 16.5. The molecule has 2 N–H and O–H groups in total. The molecule has 3 fully saturated rings. The zero-order chi connectivity index (χ0) is 11.2. The van der Waals surface area contributed by atoms with Gasteiger partial charge in [-0.25, -0.2) is 0 Å². The van der Waals surface area contributed by atoms with Crippen molar-refractivity contribution < 1.29 is 4.74 Å². The van der Waals surface area contributed by atoms with Gasteiger partial charge in [0.05, 0.1) is 0 Å². The van der Waals surface area contributed by atoms with E-state index in [1.165, 1.54) is 44.9 Å². The Bertz CT molecular complexity index is 261. The van der Waals surface area contributed by atoms with E-state index < -0.39 is 0 Å². The number of hydrogen-bond acceptors (Lipinski definition) is 2. The maximum absolute atomic E-state index is 6.55. The van der Waals surface area contributed by atoms with Crippen molar-refractivity contribution in [1.29, 1.82) is 0 Å². The van der Waals surface area contributed by atoms with Crippen LogP contribution in [0.25, 0.3) is 0 Å². The number of hydrogen-bond donors (Lipinski definition) is 1. The maximum atomic E-state index is 6.55. The van der Waals surface area contributed by atoms with E-state index in [1.807, 2.05) is 7.11 Å². The molecule has 0 aromatic heterocycles. The Kier molecular flexibility index (Phi) is 2.75. The van der Waals surface area contributed by atoms with Crippen molar-refractivity contribution in [2.24, 2.45) is 28.9 Å². The Balaban J connectivity index is 1.77. The summed E-state index contributed by atoms with van der Waals surface area (Å²) in [6, 6.07) is 0.505. The molecule has 1 spiro atoms. The first-order valence-corrected chi connectivity index (χ1v) is 7.01. The van der Waals surface area contributed by atoms with Crippen LogP contribution < -0.4 is 5.73 Å². The normalized spacial score (nSPS) is 51.4. The molecule has 0 radical (unpaired) electrons. The summed E-state index contributed by atoms with van der Waals surface area (Å²) < 4.78 is 5.36. The molecule has 3 aliphatic carbocycles. The van der Waals surface area contributed by atoms with E-state index in [0.717, 1.165) is 24.4 Å². The quantitative estimate of drug-likeness (QED) is 0.781. The standard InChI is InChI=1S/C14H25NO/c1-16-9-10-3-2-6-14(8-10)12-5-4-11(7-12)13(14)15/h10-13H,2-9,15H2,1H3/t10?,11-,12?,13-,14?/m1/s1. The Labute approximate surface area is 98.9 Å². The topological polar surface area (TPSA) is 35.2 Å². The highest BCUT2D eigenvalue weighted by Gasteiger charge is 2.57. The number of ether oxygens (including phenoxy) is 1. The highest BCUT2D eigenvalue weighted by molar-refractivity contribution is 5.10. The number of nitrogens with two attached hydrogens (primary N) is 1. The van der Waals surface area contributed by atoms with Crippen molar-refractivity contribution in [3.63, 3.8) is 0 Å². The van der Waals surface area contributed by atoms with Crippen LogP contribution in [0.4, 0.5) is 0 Å². The monoisotopic (exact) mass is 223 g/mol. The van der Waals surface area contributed by atoms with Crippen LogP contribution in [0.5, 0.6) is 0 Å². The summed E-state index contributed by atoms with van der Waals surface area (Å²) in [5, 5.41) is 0. The van der Waals surface area contributed by atoms with Gasteiger partial charge in [0.2, 0.25) is 0 Å². The molecule has 0 amide bonds. The van der Waals surface area contributed by atoms with Gasteiger partial charge in [-0.1, -0.05) is 6.42 Å². The first kappa shape index (κ1) is 11.0. The minimum absolute atomic E-state index is 0.505. The minimum atomic E-state index is 0.505. The molecule has 92 valence electrons. The fraction of sp³-hybridized carbons (Fsp3) is 1.00. The third-order valence-electron chi connectivity index (χ3n) is 5.78. The zero-order valence-corrected chi connectivity index (χ0v) is 10.5. The van der Waals surface area contributed by atoms with Crippen LogP contribution in [0.3, 0.4) is 0 Å². The summed E-state index contributed by atoms with van der Waals surface area (Å²) >= 11 is 0. The van der Waals surface area contributed by atoms with Crippen LogP contribution in [0, 0.1) is 23.2 Å². The molecule has 2 bridgehead atoms. The van der Waals surface area contributed by atoms with Gasteiger partial charge in [-0.15, -0.1) is 0 Å². The molecular formula is C14H25NO. The second-order valence-electron chi connectivity index (χ2n) is 6.45. The molecule has 3 saturated carbocycles. The molecule has 0 aliphatic heterocycles. The predicted octanol–water partition coefficient (Wildman–Crippen LogP) is 2.57. The van der Waals surface area contributed by atoms with Crippen LogP contribution >= 0.6 is 0 Å². The van der Waals surface area contributed by atoms with E-state index in [-0.39, 0.29) is 0 Å². The molecule has 3 aliphatic rings. The Morgan fingerprint density at radius 2 is 2.19 bits per heavy atom. The van der Waals surface area contributed by atoms with Gasteiger partial charge < -0.3 is 10.5 Å². The second-order valence-corrected chi connectivity index (χ2v) is 6.45. The molecule has 0 heterocycles. The molecule has 0 aromatic carbocycles. The zero-order valence-electron chi connectivity index (χ0n) is 10.5. The first-order chi connectivity index (χ1) is 7.76. The summed E-state index contributed by atoms with van der Waals surface area (Å²) in [7, 11) is 1.84. The lowest BCUT2D eigenvalue weighted by atomic mass is 9.60. The third-order valence-corrected chi connectivity index (χ3v) is 5.78. The van der Waals surface area contributed by atoms with Crippen LogP contribution in [0.1, 0.15) is 44.9 Å². The molecule has 2 nitrogen and oxygen atoms in total. The minimum Gasteiger partial charge on any atom is -0.384 e. The SMILES string of the molecule is COCC1CCCC2(C1)C1CC[C@H](C1)[C@H]2N. The largest absolute Gasteiger partial charge is 0.384 e. The van der Waals surface area contributed by atoms with Crippen molar-refractivity contribution in [2.75, 3.05) is 13.7 Å². The van der Waals surface area contributed by atoms with E-state index in [0.29, 0.717) is 11.5 Å². The van der Waals surface area contributed by atoms with Gasteiger partial charge in [0, 0.05) is 19.8 Å². The van der Waals surface area contributed by atoms with Crippen molar-refractivity contribution in [1.82, 2.24) is 0 Å². The molecular weight excluding hydrogens is 198 g/mol. The fourth-order valence-corrected chi connectivity index (χ4v) is 5.12. The lowest BCUT2D eigenvalue weighted by Gasteiger charge is -2.47. The molecule has 16 heavy (non-hydrogen) atoms. The average molecular weight is 223 g/mol.